The van der Waals surface area contributed by atoms with Gasteiger partial charge in [-0.3, -0.25) is 9.36 Å². The molecule has 0 radical (unpaired) electrons. The Morgan fingerprint density at radius 2 is 1.94 bits per heavy atom. The third-order valence-corrected chi connectivity index (χ3v) is 4.18. The number of esters is 1. The van der Waals surface area contributed by atoms with Crippen LogP contribution >= 0.6 is 0 Å². The van der Waals surface area contributed by atoms with E-state index < -0.39 is 18.1 Å². The smallest absolute Gasteiger partial charge is 0.475 e. The maximum atomic E-state index is 12.5. The first kappa shape index (κ1) is 23.7. The first-order valence-corrected chi connectivity index (χ1v) is 8.97. The van der Waals surface area contributed by atoms with Gasteiger partial charge in [-0.05, 0) is 13.0 Å². The number of hydrogen-bond donors (Lipinski definition) is 3. The topological polar surface area (TPSA) is 130 Å². The normalized spacial score (nSPS) is 13.6. The first-order valence-electron chi connectivity index (χ1n) is 8.97. The number of H-pyrrole nitrogens is 1. The minimum atomic E-state index is -5.08. The molecule has 1 fully saturated rings. The molecule has 0 aliphatic carbocycles. The van der Waals surface area contributed by atoms with Gasteiger partial charge in [0.05, 0.1) is 19.2 Å². The van der Waals surface area contributed by atoms with E-state index in [4.69, 9.17) is 9.90 Å². The van der Waals surface area contributed by atoms with E-state index in [0.29, 0.717) is 23.5 Å². The van der Waals surface area contributed by atoms with Crippen LogP contribution in [0.5, 0.6) is 0 Å². The number of methoxy groups -OCH3 is 1. The molecule has 2 aromatic rings. The van der Waals surface area contributed by atoms with Crippen molar-refractivity contribution in [3.8, 4) is 11.8 Å². The molecule has 0 spiro atoms. The number of nitrogens with zero attached hydrogens (tertiary/aromatic N) is 3. The molecule has 1 aliphatic heterocycles. The van der Waals surface area contributed by atoms with Crippen LogP contribution in [0.1, 0.15) is 17.4 Å². The number of imidazole rings is 1. The molecule has 31 heavy (non-hydrogen) atoms. The Morgan fingerprint density at radius 3 is 2.45 bits per heavy atom. The number of aromatic amines is 1. The highest BCUT2D eigenvalue weighted by molar-refractivity contribution is 5.91. The van der Waals surface area contributed by atoms with Crippen molar-refractivity contribution in [1.29, 1.82) is 0 Å². The van der Waals surface area contributed by atoms with Gasteiger partial charge in [-0.1, -0.05) is 5.92 Å². The maximum Gasteiger partial charge on any atom is 0.490 e. The van der Waals surface area contributed by atoms with Gasteiger partial charge in [0.1, 0.15) is 11.2 Å². The van der Waals surface area contributed by atoms with E-state index in [1.807, 2.05) is 0 Å². The Balaban J connectivity index is 0.000000423. The number of piperazine rings is 1. The van der Waals surface area contributed by atoms with E-state index in [9.17, 15) is 22.8 Å². The number of carbonyl (C=O) groups is 2. The molecule has 13 heteroatoms. The minimum Gasteiger partial charge on any atom is -0.475 e. The standard InChI is InChI=1S/C16H19N5O3.C2HF3O2/c1-3-4-7-21-13-11(10-12(15(23)24-2)18-14(13)22)19-16(21)20-8-5-17-6-9-20;3-2(4,5)1(6)7/h10,17H,5-9H2,1-2H3,(H,18,22);(H,6,7). The number of halogens is 3. The predicted molar refractivity (Wildman–Crippen MR) is 104 cm³/mol. The second-order valence-corrected chi connectivity index (χ2v) is 6.20. The molecule has 3 heterocycles. The molecule has 168 valence electrons. The van der Waals surface area contributed by atoms with E-state index in [0.717, 1.165) is 26.2 Å². The van der Waals surface area contributed by atoms with Gasteiger partial charge in [-0.2, -0.15) is 13.2 Å². The number of aromatic nitrogens is 3. The van der Waals surface area contributed by atoms with Gasteiger partial charge in [0.25, 0.3) is 5.56 Å². The fourth-order valence-corrected chi connectivity index (χ4v) is 2.79. The van der Waals surface area contributed by atoms with Crippen LogP contribution in [-0.2, 0) is 16.1 Å². The second kappa shape index (κ2) is 9.98. The van der Waals surface area contributed by atoms with Gasteiger partial charge < -0.3 is 25.0 Å². The Labute approximate surface area is 174 Å². The Hall–Kier alpha value is -3.53. The van der Waals surface area contributed by atoms with Crippen LogP contribution in [0.25, 0.3) is 11.0 Å². The highest BCUT2D eigenvalue weighted by Crippen LogP contribution is 2.21. The lowest BCUT2D eigenvalue weighted by Crippen LogP contribution is -2.44. The number of pyridine rings is 1. The first-order chi connectivity index (χ1) is 14.6. The van der Waals surface area contributed by atoms with Crippen molar-refractivity contribution in [3.63, 3.8) is 0 Å². The lowest BCUT2D eigenvalue weighted by Gasteiger charge is -2.28. The number of anilines is 1. The highest BCUT2D eigenvalue weighted by Gasteiger charge is 2.38. The fraction of sp³-hybridized carbons (Fsp3) is 0.444. The van der Waals surface area contributed by atoms with Crippen LogP contribution in [0.2, 0.25) is 0 Å². The number of fused-ring (bicyclic) bond motifs is 1. The van der Waals surface area contributed by atoms with Gasteiger partial charge in [0.2, 0.25) is 5.95 Å². The van der Waals surface area contributed by atoms with E-state index in [-0.39, 0.29) is 11.3 Å². The van der Waals surface area contributed by atoms with Crippen molar-refractivity contribution < 1.29 is 32.6 Å². The summed E-state index contributed by atoms with van der Waals surface area (Å²) >= 11 is 0. The Kier molecular flexibility index (Phi) is 7.65. The van der Waals surface area contributed by atoms with Crippen molar-refractivity contribution >= 4 is 28.9 Å². The summed E-state index contributed by atoms with van der Waals surface area (Å²) in [6.07, 6.45) is -5.08. The average Bonchev–Trinajstić information content (AvgIpc) is 3.11. The number of carboxylic acids is 1. The molecule has 0 atom stereocenters. The summed E-state index contributed by atoms with van der Waals surface area (Å²) in [6, 6.07) is 1.55. The maximum absolute atomic E-state index is 12.5. The van der Waals surface area contributed by atoms with Gasteiger partial charge in [-0.25, -0.2) is 14.6 Å². The van der Waals surface area contributed by atoms with Crippen molar-refractivity contribution in [1.82, 2.24) is 19.9 Å². The van der Waals surface area contributed by atoms with Crippen molar-refractivity contribution in [2.45, 2.75) is 19.6 Å². The molecule has 3 N–H and O–H groups in total. The van der Waals surface area contributed by atoms with E-state index >= 15 is 0 Å². The largest absolute Gasteiger partial charge is 0.490 e. The highest BCUT2D eigenvalue weighted by atomic mass is 19.4. The number of ether oxygens (including phenoxy) is 1. The van der Waals surface area contributed by atoms with Crippen molar-refractivity contribution in [3.05, 3.63) is 22.1 Å². The zero-order chi connectivity index (χ0) is 23.2. The molecule has 0 bridgehead atoms. The van der Waals surface area contributed by atoms with Crippen molar-refractivity contribution in [2.75, 3.05) is 38.2 Å². The minimum absolute atomic E-state index is 0.0908. The Morgan fingerprint density at radius 1 is 1.32 bits per heavy atom. The van der Waals surface area contributed by atoms with Crippen LogP contribution in [0.4, 0.5) is 19.1 Å². The van der Waals surface area contributed by atoms with Crippen LogP contribution in [0.15, 0.2) is 10.9 Å². The summed E-state index contributed by atoms with van der Waals surface area (Å²) in [5.74, 6) is 3.17. The van der Waals surface area contributed by atoms with Crippen molar-refractivity contribution in [2.24, 2.45) is 0 Å². The lowest BCUT2D eigenvalue weighted by molar-refractivity contribution is -0.192. The van der Waals surface area contributed by atoms with Crippen LogP contribution in [-0.4, -0.2) is 71.0 Å². The fourth-order valence-electron chi connectivity index (χ4n) is 2.79. The molecule has 0 aromatic carbocycles. The van der Waals surface area contributed by atoms with Crippen LogP contribution in [0.3, 0.4) is 0 Å². The number of aliphatic carboxylic acids is 1. The van der Waals surface area contributed by atoms with Gasteiger partial charge in [-0.15, -0.1) is 5.92 Å². The molecule has 0 saturated carbocycles. The van der Waals surface area contributed by atoms with Crippen LogP contribution < -0.4 is 15.8 Å². The van der Waals surface area contributed by atoms with Crippen LogP contribution in [0, 0.1) is 11.8 Å². The summed E-state index contributed by atoms with van der Waals surface area (Å²) in [5, 5.41) is 10.4. The molecule has 0 unspecified atom stereocenters. The second-order valence-electron chi connectivity index (χ2n) is 6.20. The van der Waals surface area contributed by atoms with Gasteiger partial charge in [0.15, 0.2) is 0 Å². The lowest BCUT2D eigenvalue weighted by atomic mass is 10.3. The molecule has 0 amide bonds. The summed E-state index contributed by atoms with van der Waals surface area (Å²) < 4.78 is 38.2. The average molecular weight is 443 g/mol. The number of carbonyl (C=O) groups excluding carboxylic acids is 1. The summed E-state index contributed by atoms with van der Waals surface area (Å²) in [5.41, 5.74) is 0.595. The molecule has 1 aliphatic rings. The number of carboxylic acid groups (broad SMARTS) is 1. The number of alkyl halides is 3. The molecule has 10 nitrogen and oxygen atoms in total. The predicted octanol–water partition coefficient (Wildman–Crippen LogP) is 0.577. The summed E-state index contributed by atoms with van der Waals surface area (Å²) in [7, 11) is 1.27. The molecule has 1 saturated heterocycles. The Bertz CT molecular complexity index is 1070. The van der Waals surface area contributed by atoms with E-state index in [2.05, 4.69) is 36.8 Å². The third-order valence-electron chi connectivity index (χ3n) is 4.18. The SMILES string of the molecule is CC#CCn1c(N2CCNCC2)nc2cc(C(=O)OC)[nH]c(=O)c21.O=C(O)C(F)(F)F. The molecule has 3 rings (SSSR count). The quantitative estimate of drug-likeness (QED) is 0.464. The zero-order valence-corrected chi connectivity index (χ0v) is 16.7. The summed E-state index contributed by atoms with van der Waals surface area (Å²) in [4.78, 5) is 42.4. The zero-order valence-electron chi connectivity index (χ0n) is 16.7. The van der Waals surface area contributed by atoms with Gasteiger partial charge >= 0.3 is 18.1 Å². The van der Waals surface area contributed by atoms with E-state index in [1.165, 1.54) is 7.11 Å². The van der Waals surface area contributed by atoms with E-state index in [1.54, 1.807) is 17.6 Å². The summed E-state index contributed by atoms with van der Waals surface area (Å²) in [6.45, 7) is 5.42. The number of nitrogens with one attached hydrogen (secondary N) is 2. The number of hydrogen-bond acceptors (Lipinski definition) is 7. The molecular formula is C18H20F3N5O5. The van der Waals surface area contributed by atoms with Gasteiger partial charge in [0, 0.05) is 26.2 Å². The molecule has 2 aromatic heterocycles. The number of rotatable bonds is 3. The molecular weight excluding hydrogens is 423 g/mol. The monoisotopic (exact) mass is 443 g/mol. The third kappa shape index (κ3) is 5.76.